The molecule has 1 aromatic carbocycles. The molecular weight excluding hydrogens is 351 g/mol. The maximum atomic E-state index is 14.1. The normalized spacial score (nSPS) is 28.9. The molecule has 1 saturated carbocycles. The first-order valence-electron chi connectivity index (χ1n) is 9.26. The molecule has 0 radical (unpaired) electrons. The summed E-state index contributed by atoms with van der Waals surface area (Å²) in [4.78, 5) is 5.88. The monoisotopic (exact) mass is 372 g/mol. The summed E-state index contributed by atoms with van der Waals surface area (Å²) in [5, 5.41) is 10.6. The number of benzene rings is 1. The number of hydrogen-bond donors (Lipinski definition) is 1. The fourth-order valence-corrected chi connectivity index (χ4v) is 4.46. The minimum atomic E-state index is -0.543. The minimum Gasteiger partial charge on any atom is -0.488 e. The third kappa shape index (κ3) is 3.06. The van der Waals surface area contributed by atoms with Crippen LogP contribution in [-0.4, -0.2) is 42.2 Å². The van der Waals surface area contributed by atoms with Gasteiger partial charge in [0.1, 0.15) is 11.9 Å². The van der Waals surface area contributed by atoms with Crippen LogP contribution in [0.15, 0.2) is 36.7 Å². The van der Waals surface area contributed by atoms with Gasteiger partial charge < -0.3 is 24.2 Å². The van der Waals surface area contributed by atoms with Gasteiger partial charge in [-0.1, -0.05) is 0 Å². The fraction of sp³-hybridized carbons (Fsp3) is 0.450. The summed E-state index contributed by atoms with van der Waals surface area (Å²) >= 11 is 0. The van der Waals surface area contributed by atoms with E-state index < -0.39 is 6.10 Å². The van der Waals surface area contributed by atoms with Gasteiger partial charge in [-0.3, -0.25) is 4.98 Å². The Morgan fingerprint density at radius 3 is 2.78 bits per heavy atom. The number of anilines is 1. The maximum absolute atomic E-state index is 14.1. The predicted octanol–water partition coefficient (Wildman–Crippen LogP) is 2.60. The number of hydrogen-bond acceptors (Lipinski definition) is 6. The van der Waals surface area contributed by atoms with E-state index in [0.29, 0.717) is 41.2 Å². The molecule has 2 fully saturated rings. The third-order valence-corrected chi connectivity index (χ3v) is 5.81. The van der Waals surface area contributed by atoms with Crippen molar-refractivity contribution in [3.05, 3.63) is 42.5 Å². The molecule has 2 aromatic rings. The molecule has 0 unspecified atom stereocenters. The van der Waals surface area contributed by atoms with Crippen molar-refractivity contribution in [2.24, 2.45) is 11.8 Å². The van der Waals surface area contributed by atoms with Crippen molar-refractivity contribution < 1.29 is 23.7 Å². The topological polar surface area (TPSA) is 64.1 Å². The summed E-state index contributed by atoms with van der Waals surface area (Å²) in [6.45, 7) is 1.73. The first-order valence-corrected chi connectivity index (χ1v) is 9.26. The smallest absolute Gasteiger partial charge is 0.231 e. The molecule has 27 heavy (non-hydrogen) atoms. The van der Waals surface area contributed by atoms with Crippen molar-refractivity contribution in [3.8, 4) is 17.2 Å². The van der Waals surface area contributed by atoms with Crippen LogP contribution in [0.25, 0.3) is 0 Å². The second-order valence-corrected chi connectivity index (χ2v) is 7.46. The molecule has 0 spiro atoms. The summed E-state index contributed by atoms with van der Waals surface area (Å²) in [6, 6.07) is 7.16. The lowest BCUT2D eigenvalue weighted by atomic mass is 9.78. The van der Waals surface area contributed by atoms with Crippen molar-refractivity contribution in [3.63, 3.8) is 0 Å². The van der Waals surface area contributed by atoms with Gasteiger partial charge in [0, 0.05) is 25.4 Å². The van der Waals surface area contributed by atoms with E-state index in [-0.39, 0.29) is 18.7 Å². The van der Waals surface area contributed by atoms with E-state index in [0.717, 1.165) is 19.5 Å². The molecule has 6 nitrogen and oxygen atoms in total. The molecule has 3 aliphatic rings. The summed E-state index contributed by atoms with van der Waals surface area (Å²) in [6.07, 6.45) is 3.43. The zero-order valence-corrected chi connectivity index (χ0v) is 14.8. The number of fused-ring (bicyclic) bond motifs is 2. The fourth-order valence-electron chi connectivity index (χ4n) is 4.46. The van der Waals surface area contributed by atoms with E-state index in [1.807, 2.05) is 12.1 Å². The van der Waals surface area contributed by atoms with Crippen LogP contribution in [0.2, 0.25) is 0 Å². The Morgan fingerprint density at radius 2 is 1.93 bits per heavy atom. The molecule has 5 rings (SSSR count). The summed E-state index contributed by atoms with van der Waals surface area (Å²) < 4.78 is 30.9. The number of rotatable bonds is 3. The SMILES string of the molecule is O[C@@H]1C[C@H]2CN(c3ccncc3F)C[C@H]2C[C@H]1Oc1ccc2c(c1)OCO2. The average molecular weight is 372 g/mol. The highest BCUT2D eigenvalue weighted by atomic mass is 19.1. The number of aliphatic hydroxyl groups excluding tert-OH is 1. The predicted molar refractivity (Wildman–Crippen MR) is 95.6 cm³/mol. The van der Waals surface area contributed by atoms with Crippen LogP contribution in [0, 0.1) is 17.7 Å². The molecule has 1 N–H and O–H groups in total. The lowest BCUT2D eigenvalue weighted by Gasteiger charge is -2.35. The second kappa shape index (κ2) is 6.56. The van der Waals surface area contributed by atoms with E-state index in [1.54, 1.807) is 18.3 Å². The van der Waals surface area contributed by atoms with Gasteiger partial charge in [0.2, 0.25) is 6.79 Å². The Morgan fingerprint density at radius 1 is 1.11 bits per heavy atom. The van der Waals surface area contributed by atoms with E-state index in [9.17, 15) is 9.50 Å². The second-order valence-electron chi connectivity index (χ2n) is 7.46. The van der Waals surface area contributed by atoms with Gasteiger partial charge in [0.25, 0.3) is 0 Å². The molecule has 1 saturated heterocycles. The number of aliphatic hydroxyl groups is 1. The molecule has 1 aliphatic carbocycles. The number of pyridine rings is 1. The molecule has 0 amide bonds. The van der Waals surface area contributed by atoms with Gasteiger partial charge >= 0.3 is 0 Å². The van der Waals surface area contributed by atoms with Crippen LogP contribution >= 0.6 is 0 Å². The van der Waals surface area contributed by atoms with E-state index in [2.05, 4.69) is 9.88 Å². The van der Waals surface area contributed by atoms with E-state index in [4.69, 9.17) is 14.2 Å². The molecule has 7 heteroatoms. The molecular formula is C20H21FN2O4. The van der Waals surface area contributed by atoms with Crippen molar-refractivity contribution in [1.29, 1.82) is 0 Å². The van der Waals surface area contributed by atoms with E-state index >= 15 is 0 Å². The van der Waals surface area contributed by atoms with Crippen molar-refractivity contribution in [1.82, 2.24) is 4.98 Å². The largest absolute Gasteiger partial charge is 0.488 e. The van der Waals surface area contributed by atoms with Gasteiger partial charge in [0.15, 0.2) is 17.3 Å². The molecule has 2 aliphatic heterocycles. The Kier molecular flexibility index (Phi) is 4.04. The first kappa shape index (κ1) is 16.6. The van der Waals surface area contributed by atoms with Gasteiger partial charge in [-0.2, -0.15) is 0 Å². The van der Waals surface area contributed by atoms with E-state index in [1.165, 1.54) is 6.20 Å². The molecule has 4 atom stereocenters. The van der Waals surface area contributed by atoms with Crippen molar-refractivity contribution in [2.45, 2.75) is 25.0 Å². The van der Waals surface area contributed by atoms with Crippen LogP contribution in [0.1, 0.15) is 12.8 Å². The van der Waals surface area contributed by atoms with Gasteiger partial charge in [-0.25, -0.2) is 4.39 Å². The van der Waals surface area contributed by atoms with Crippen LogP contribution in [0.5, 0.6) is 17.2 Å². The van der Waals surface area contributed by atoms with Crippen LogP contribution in [-0.2, 0) is 0 Å². The quantitative estimate of drug-likeness (QED) is 0.894. The zero-order chi connectivity index (χ0) is 18.4. The molecule has 1 aromatic heterocycles. The van der Waals surface area contributed by atoms with Crippen molar-refractivity contribution in [2.75, 3.05) is 24.8 Å². The number of aromatic nitrogens is 1. The maximum Gasteiger partial charge on any atom is 0.231 e. The third-order valence-electron chi connectivity index (χ3n) is 5.81. The first-order chi connectivity index (χ1) is 13.2. The van der Waals surface area contributed by atoms with Crippen molar-refractivity contribution >= 4 is 5.69 Å². The zero-order valence-electron chi connectivity index (χ0n) is 14.8. The van der Waals surface area contributed by atoms with Crippen LogP contribution < -0.4 is 19.1 Å². The Bertz CT molecular complexity index is 848. The summed E-state index contributed by atoms with van der Waals surface area (Å²) in [5.74, 6) is 2.43. The number of halogens is 1. The van der Waals surface area contributed by atoms with Crippen LogP contribution in [0.4, 0.5) is 10.1 Å². The minimum absolute atomic E-state index is 0.218. The van der Waals surface area contributed by atoms with Gasteiger partial charge in [-0.05, 0) is 42.9 Å². The standard InChI is InChI=1S/C20H21FN2O4/c21-15-8-22-4-3-16(15)23-9-12-5-17(24)19(6-13(12)10-23)27-14-1-2-18-20(7-14)26-11-25-18/h1-4,7-8,12-13,17,19,24H,5-6,9-11H2/t12-,13+,17+,19+/m0/s1. The lowest BCUT2D eigenvalue weighted by Crippen LogP contribution is -2.42. The summed E-state index contributed by atoms with van der Waals surface area (Å²) in [7, 11) is 0. The van der Waals surface area contributed by atoms with Gasteiger partial charge in [0.05, 0.1) is 18.0 Å². The molecule has 0 bridgehead atoms. The highest BCUT2D eigenvalue weighted by molar-refractivity contribution is 5.48. The molecule has 3 heterocycles. The summed E-state index contributed by atoms with van der Waals surface area (Å²) in [5.41, 5.74) is 0.585. The van der Waals surface area contributed by atoms with Gasteiger partial charge in [-0.15, -0.1) is 0 Å². The Labute approximate surface area is 156 Å². The number of ether oxygens (including phenoxy) is 3. The Hall–Kier alpha value is -2.54. The highest BCUT2D eigenvalue weighted by Gasteiger charge is 2.43. The lowest BCUT2D eigenvalue weighted by molar-refractivity contribution is -0.0232. The van der Waals surface area contributed by atoms with Crippen LogP contribution in [0.3, 0.4) is 0 Å². The number of nitrogens with zero attached hydrogens (tertiary/aromatic N) is 2. The Balaban J connectivity index is 1.29. The molecule has 142 valence electrons. The highest BCUT2D eigenvalue weighted by Crippen LogP contribution is 2.41. The average Bonchev–Trinajstić information content (AvgIpc) is 3.28.